The summed E-state index contributed by atoms with van der Waals surface area (Å²) in [7, 11) is -2.88. The van der Waals surface area contributed by atoms with Crippen LogP contribution in [0.3, 0.4) is 0 Å². The molecule has 0 aliphatic heterocycles. The van der Waals surface area contributed by atoms with Crippen molar-refractivity contribution in [3.8, 4) is 0 Å². The molecule has 0 saturated heterocycles. The Morgan fingerprint density at radius 2 is 1.75 bits per heavy atom. The SMILES string of the molecule is CC(C)(CN)CCS(=O)(=O)C1CCCCC1. The molecule has 0 aromatic heterocycles. The summed E-state index contributed by atoms with van der Waals surface area (Å²) < 4.78 is 24.2. The van der Waals surface area contributed by atoms with Gasteiger partial charge in [-0.15, -0.1) is 0 Å². The Morgan fingerprint density at radius 3 is 2.25 bits per heavy atom. The van der Waals surface area contributed by atoms with Crippen molar-refractivity contribution in [2.24, 2.45) is 11.1 Å². The van der Waals surface area contributed by atoms with E-state index in [-0.39, 0.29) is 10.7 Å². The first-order valence-electron chi connectivity index (χ1n) is 6.29. The van der Waals surface area contributed by atoms with E-state index in [0.29, 0.717) is 18.7 Å². The van der Waals surface area contributed by atoms with Gasteiger partial charge in [0.15, 0.2) is 9.84 Å². The van der Waals surface area contributed by atoms with E-state index in [1.165, 1.54) is 6.42 Å². The second-order valence-electron chi connectivity index (χ2n) is 5.75. The quantitative estimate of drug-likeness (QED) is 0.809. The normalized spacial score (nSPS) is 19.9. The molecule has 3 nitrogen and oxygen atoms in total. The molecule has 0 heterocycles. The molecule has 96 valence electrons. The lowest BCUT2D eigenvalue weighted by Gasteiger charge is -2.25. The van der Waals surface area contributed by atoms with Crippen LogP contribution >= 0.6 is 0 Å². The average Bonchev–Trinajstić information content (AvgIpc) is 2.28. The first-order valence-corrected chi connectivity index (χ1v) is 8.00. The van der Waals surface area contributed by atoms with Crippen molar-refractivity contribution < 1.29 is 8.42 Å². The Hall–Kier alpha value is -0.0900. The molecule has 1 aliphatic rings. The molecule has 0 spiro atoms. The summed E-state index contributed by atoms with van der Waals surface area (Å²) in [6.45, 7) is 4.61. The van der Waals surface area contributed by atoms with Gasteiger partial charge in [0.1, 0.15) is 0 Å². The Morgan fingerprint density at radius 1 is 1.19 bits per heavy atom. The molecule has 1 aliphatic carbocycles. The third kappa shape index (κ3) is 4.06. The van der Waals surface area contributed by atoms with Crippen molar-refractivity contribution in [1.82, 2.24) is 0 Å². The summed E-state index contributed by atoms with van der Waals surface area (Å²) in [6, 6.07) is 0. The molecule has 0 aromatic rings. The Labute approximate surface area is 99.7 Å². The van der Waals surface area contributed by atoms with E-state index in [1.807, 2.05) is 13.8 Å². The minimum Gasteiger partial charge on any atom is -0.330 e. The van der Waals surface area contributed by atoms with Crippen LogP contribution in [0, 0.1) is 5.41 Å². The van der Waals surface area contributed by atoms with Gasteiger partial charge in [-0.3, -0.25) is 0 Å². The molecule has 0 amide bonds. The highest BCUT2D eigenvalue weighted by atomic mass is 32.2. The summed E-state index contributed by atoms with van der Waals surface area (Å²) in [5, 5.41) is -0.0742. The number of sulfone groups is 1. The molecule has 16 heavy (non-hydrogen) atoms. The molecule has 0 aromatic carbocycles. The smallest absolute Gasteiger partial charge is 0.153 e. The van der Waals surface area contributed by atoms with Gasteiger partial charge in [0.2, 0.25) is 0 Å². The van der Waals surface area contributed by atoms with Gasteiger partial charge in [0.05, 0.1) is 11.0 Å². The molecule has 4 heteroatoms. The lowest BCUT2D eigenvalue weighted by atomic mass is 9.91. The third-order valence-electron chi connectivity index (χ3n) is 3.68. The maximum Gasteiger partial charge on any atom is 0.153 e. The summed E-state index contributed by atoms with van der Waals surface area (Å²) in [5.74, 6) is 0.307. The van der Waals surface area contributed by atoms with Crippen LogP contribution in [-0.4, -0.2) is 26.0 Å². The van der Waals surface area contributed by atoms with E-state index in [1.54, 1.807) is 0 Å². The predicted octanol–water partition coefficient (Wildman–Crippen LogP) is 2.11. The molecule has 1 saturated carbocycles. The monoisotopic (exact) mass is 247 g/mol. The van der Waals surface area contributed by atoms with Crippen LogP contribution in [0.15, 0.2) is 0 Å². The second kappa shape index (κ2) is 5.50. The van der Waals surface area contributed by atoms with Gasteiger partial charge in [0, 0.05) is 0 Å². The molecule has 0 radical (unpaired) electrons. The summed E-state index contributed by atoms with van der Waals surface area (Å²) in [5.41, 5.74) is 5.57. The fourth-order valence-corrected chi connectivity index (χ4v) is 4.33. The highest BCUT2D eigenvalue weighted by molar-refractivity contribution is 7.92. The van der Waals surface area contributed by atoms with E-state index in [9.17, 15) is 8.42 Å². The van der Waals surface area contributed by atoms with E-state index < -0.39 is 9.84 Å². The van der Waals surface area contributed by atoms with Gasteiger partial charge in [-0.2, -0.15) is 0 Å². The molecule has 1 fully saturated rings. The average molecular weight is 247 g/mol. The van der Waals surface area contributed by atoms with Crippen LogP contribution in [0.1, 0.15) is 52.4 Å². The molecular formula is C12H25NO2S. The van der Waals surface area contributed by atoms with Crippen LogP contribution in [0.4, 0.5) is 0 Å². The molecular weight excluding hydrogens is 222 g/mol. The second-order valence-corrected chi connectivity index (χ2v) is 8.15. The van der Waals surface area contributed by atoms with Gasteiger partial charge >= 0.3 is 0 Å². The van der Waals surface area contributed by atoms with Gasteiger partial charge in [-0.25, -0.2) is 8.42 Å². The van der Waals surface area contributed by atoms with Gasteiger partial charge in [0.25, 0.3) is 0 Å². The van der Waals surface area contributed by atoms with Gasteiger partial charge < -0.3 is 5.73 Å². The number of hydrogen-bond acceptors (Lipinski definition) is 3. The van der Waals surface area contributed by atoms with Crippen molar-refractivity contribution in [2.75, 3.05) is 12.3 Å². The minimum atomic E-state index is -2.88. The first-order chi connectivity index (χ1) is 7.37. The summed E-state index contributed by atoms with van der Waals surface area (Å²) in [6.07, 6.45) is 5.76. The zero-order valence-corrected chi connectivity index (χ0v) is 11.4. The van der Waals surface area contributed by atoms with Crippen molar-refractivity contribution in [3.05, 3.63) is 0 Å². The molecule has 0 unspecified atom stereocenters. The number of nitrogens with two attached hydrogens (primary N) is 1. The van der Waals surface area contributed by atoms with Crippen molar-refractivity contribution in [2.45, 2.75) is 57.6 Å². The largest absolute Gasteiger partial charge is 0.330 e. The van der Waals surface area contributed by atoms with Gasteiger partial charge in [-0.05, 0) is 31.2 Å². The van der Waals surface area contributed by atoms with E-state index >= 15 is 0 Å². The Bertz CT molecular complexity index is 303. The molecule has 2 N–H and O–H groups in total. The highest BCUT2D eigenvalue weighted by Crippen LogP contribution is 2.27. The molecule has 0 bridgehead atoms. The van der Waals surface area contributed by atoms with Crippen molar-refractivity contribution in [3.63, 3.8) is 0 Å². The summed E-state index contributed by atoms with van der Waals surface area (Å²) in [4.78, 5) is 0. The molecule has 1 rings (SSSR count). The zero-order chi connectivity index (χ0) is 12.2. The maximum absolute atomic E-state index is 12.1. The summed E-state index contributed by atoms with van der Waals surface area (Å²) >= 11 is 0. The first kappa shape index (κ1) is 14.0. The Balaban J connectivity index is 2.51. The van der Waals surface area contributed by atoms with Crippen LogP contribution in [0.2, 0.25) is 0 Å². The van der Waals surface area contributed by atoms with Crippen molar-refractivity contribution in [1.29, 1.82) is 0 Å². The number of rotatable bonds is 5. The zero-order valence-electron chi connectivity index (χ0n) is 10.5. The number of hydrogen-bond donors (Lipinski definition) is 1. The standard InChI is InChI=1S/C12H25NO2S/c1-12(2,10-13)8-9-16(14,15)11-6-4-3-5-7-11/h11H,3-10,13H2,1-2H3. The Kier molecular flexibility index (Phi) is 4.80. The lowest BCUT2D eigenvalue weighted by molar-refractivity contribution is 0.363. The van der Waals surface area contributed by atoms with Crippen molar-refractivity contribution >= 4 is 9.84 Å². The van der Waals surface area contributed by atoms with E-state index in [4.69, 9.17) is 5.73 Å². The topological polar surface area (TPSA) is 60.2 Å². The fraction of sp³-hybridized carbons (Fsp3) is 1.00. The van der Waals surface area contributed by atoms with E-state index in [2.05, 4.69) is 0 Å². The minimum absolute atomic E-state index is 0.0538. The highest BCUT2D eigenvalue weighted by Gasteiger charge is 2.29. The fourth-order valence-electron chi connectivity index (χ4n) is 2.11. The van der Waals surface area contributed by atoms with E-state index in [0.717, 1.165) is 25.7 Å². The lowest BCUT2D eigenvalue weighted by Crippen LogP contribution is -2.31. The van der Waals surface area contributed by atoms with Crippen LogP contribution in [-0.2, 0) is 9.84 Å². The molecule has 0 atom stereocenters. The third-order valence-corrected chi connectivity index (χ3v) is 5.94. The van der Waals surface area contributed by atoms with Crippen LogP contribution < -0.4 is 5.73 Å². The van der Waals surface area contributed by atoms with Crippen LogP contribution in [0.25, 0.3) is 0 Å². The van der Waals surface area contributed by atoms with Gasteiger partial charge in [-0.1, -0.05) is 33.1 Å². The maximum atomic E-state index is 12.1. The van der Waals surface area contributed by atoms with Crippen LogP contribution in [0.5, 0.6) is 0 Å². The predicted molar refractivity (Wildman–Crippen MR) is 68.1 cm³/mol.